The first-order chi connectivity index (χ1) is 13.7. The number of nitrogens with zero attached hydrogens (tertiary/aromatic N) is 4. The maximum Gasteiger partial charge on any atom is 0.268 e. The number of nitrogens with one attached hydrogen (secondary N) is 1. The molecule has 0 saturated heterocycles. The quantitative estimate of drug-likeness (QED) is 0.610. The summed E-state index contributed by atoms with van der Waals surface area (Å²) < 4.78 is 7.88. The van der Waals surface area contributed by atoms with Crippen LogP contribution in [0, 0.1) is 22.7 Å². The predicted octanol–water partition coefficient (Wildman–Crippen LogP) is 2.42. The lowest BCUT2D eigenvalue weighted by molar-refractivity contribution is 0.304. The fourth-order valence-electron chi connectivity index (χ4n) is 2.91. The van der Waals surface area contributed by atoms with Gasteiger partial charge in [-0.1, -0.05) is 18.2 Å². The Bertz CT molecular complexity index is 1100. The second-order valence-corrected chi connectivity index (χ2v) is 6.07. The highest BCUT2D eigenvalue weighted by Gasteiger charge is 2.20. The van der Waals surface area contributed by atoms with Gasteiger partial charge in [-0.25, -0.2) is 4.98 Å². The molecule has 0 aliphatic heterocycles. The number of hydrogen-bond donors (Lipinski definition) is 2. The lowest BCUT2D eigenvalue weighted by Gasteiger charge is -2.14. The third kappa shape index (κ3) is 3.87. The number of benzene rings is 1. The van der Waals surface area contributed by atoms with Crippen LogP contribution in [-0.2, 0) is 6.54 Å². The summed E-state index contributed by atoms with van der Waals surface area (Å²) in [5, 5.41) is 18.9. The summed E-state index contributed by atoms with van der Waals surface area (Å²) in [5.41, 5.74) is 5.73. The van der Waals surface area contributed by atoms with E-state index in [1.54, 1.807) is 36.8 Å². The third-order valence-corrected chi connectivity index (χ3v) is 4.25. The summed E-state index contributed by atoms with van der Waals surface area (Å²) in [6.07, 6.45) is 7.11. The average molecular weight is 374 g/mol. The van der Waals surface area contributed by atoms with Crippen LogP contribution in [0.5, 0.6) is 5.75 Å². The highest BCUT2D eigenvalue weighted by molar-refractivity contribution is 5.83. The van der Waals surface area contributed by atoms with Crippen LogP contribution in [-0.4, -0.2) is 21.1 Å². The van der Waals surface area contributed by atoms with Gasteiger partial charge >= 0.3 is 0 Å². The molecule has 0 aliphatic carbocycles. The van der Waals surface area contributed by atoms with E-state index >= 15 is 0 Å². The van der Waals surface area contributed by atoms with Crippen LogP contribution < -0.4 is 16.0 Å². The van der Waals surface area contributed by atoms with Crippen LogP contribution in [0.3, 0.4) is 0 Å². The zero-order chi connectivity index (χ0) is 19.9. The number of para-hydroxylation sites is 1. The van der Waals surface area contributed by atoms with Crippen LogP contribution in [0.1, 0.15) is 24.0 Å². The summed E-state index contributed by atoms with van der Waals surface area (Å²) in [5.74, 6) is 0.416. The zero-order valence-electron chi connectivity index (χ0n) is 15.1. The maximum atomic E-state index is 12.1. The molecule has 0 radical (unpaired) electrons. The normalized spacial score (nSPS) is 10.2. The molecule has 3 aromatic rings. The maximum absolute atomic E-state index is 12.1. The molecule has 28 heavy (non-hydrogen) atoms. The van der Waals surface area contributed by atoms with E-state index in [4.69, 9.17) is 10.5 Å². The van der Waals surface area contributed by atoms with E-state index in [1.165, 1.54) is 0 Å². The van der Waals surface area contributed by atoms with Crippen LogP contribution in [0.2, 0.25) is 0 Å². The first-order valence-electron chi connectivity index (χ1n) is 8.69. The first kappa shape index (κ1) is 18.7. The monoisotopic (exact) mass is 374 g/mol. The van der Waals surface area contributed by atoms with Gasteiger partial charge in [0.25, 0.3) is 5.56 Å². The molecule has 3 rings (SSSR count). The van der Waals surface area contributed by atoms with Gasteiger partial charge in [0.15, 0.2) is 0 Å². The minimum Gasteiger partial charge on any atom is -0.493 e. The van der Waals surface area contributed by atoms with E-state index in [2.05, 4.69) is 9.97 Å². The third-order valence-electron chi connectivity index (χ3n) is 4.25. The largest absolute Gasteiger partial charge is 0.493 e. The molecular weight excluding hydrogens is 356 g/mol. The number of rotatable bonds is 7. The predicted molar refractivity (Wildman–Crippen MR) is 103 cm³/mol. The molecule has 0 bridgehead atoms. The van der Waals surface area contributed by atoms with Crippen LogP contribution in [0.25, 0.3) is 11.1 Å². The van der Waals surface area contributed by atoms with Crippen molar-refractivity contribution in [1.82, 2.24) is 14.5 Å². The van der Waals surface area contributed by atoms with Crippen molar-refractivity contribution in [1.29, 1.82) is 10.5 Å². The van der Waals surface area contributed by atoms with Crippen molar-refractivity contribution in [3.05, 3.63) is 64.5 Å². The number of nitrogen functional groups attached to an aromatic ring is 1. The average Bonchev–Trinajstić information content (AvgIpc) is 3.21. The van der Waals surface area contributed by atoms with Gasteiger partial charge in [0, 0.05) is 30.1 Å². The molecule has 0 spiro atoms. The standard InChI is InChI=1S/C20H18N6O2/c21-11-15-18(16(12-22)20(27)25-19(15)23)14-5-1-2-6-17(14)28-10-4-3-8-26-9-7-24-13-26/h1-2,5-7,9,13H,3-4,8,10H2,(H3,23,25,27). The Balaban J connectivity index is 1.84. The SMILES string of the molecule is N#Cc1c(N)[nH]c(=O)c(C#N)c1-c1ccccc1OCCCCn1ccnc1. The van der Waals surface area contributed by atoms with Crippen molar-refractivity contribution in [2.75, 3.05) is 12.3 Å². The topological polar surface area (TPSA) is 134 Å². The number of unbranched alkanes of at least 4 members (excludes halogenated alkanes) is 1. The fourth-order valence-corrected chi connectivity index (χ4v) is 2.91. The molecule has 0 unspecified atom stereocenters. The molecular formula is C20H18N6O2. The number of ether oxygens (including phenoxy) is 1. The molecule has 0 saturated carbocycles. The van der Waals surface area contributed by atoms with Crippen molar-refractivity contribution in [2.45, 2.75) is 19.4 Å². The van der Waals surface area contributed by atoms with Crippen LogP contribution >= 0.6 is 0 Å². The number of H-pyrrole nitrogens is 1. The molecule has 2 aromatic heterocycles. The number of hydrogen-bond acceptors (Lipinski definition) is 6. The molecule has 3 N–H and O–H groups in total. The number of imidazole rings is 1. The highest BCUT2D eigenvalue weighted by atomic mass is 16.5. The van der Waals surface area contributed by atoms with E-state index in [0.717, 1.165) is 19.4 Å². The summed E-state index contributed by atoms with van der Waals surface area (Å²) >= 11 is 0. The van der Waals surface area contributed by atoms with Gasteiger partial charge in [-0.2, -0.15) is 10.5 Å². The van der Waals surface area contributed by atoms with Gasteiger partial charge in [0.05, 0.1) is 12.9 Å². The molecule has 1 aromatic carbocycles. The molecule has 0 aliphatic rings. The Labute approximate surface area is 161 Å². The van der Waals surface area contributed by atoms with E-state index < -0.39 is 5.56 Å². The minimum absolute atomic E-state index is 0.0484. The Morgan fingerprint density at radius 2 is 1.96 bits per heavy atom. The molecule has 0 fully saturated rings. The number of aryl methyl sites for hydroxylation is 1. The summed E-state index contributed by atoms with van der Waals surface area (Å²) in [6, 6.07) is 10.8. The van der Waals surface area contributed by atoms with E-state index in [0.29, 0.717) is 17.9 Å². The highest BCUT2D eigenvalue weighted by Crippen LogP contribution is 2.35. The van der Waals surface area contributed by atoms with Gasteiger partial charge in [0.1, 0.15) is 34.8 Å². The molecule has 0 atom stereocenters. The number of nitriles is 2. The number of nitrogens with two attached hydrogens (primary N) is 1. The second-order valence-electron chi connectivity index (χ2n) is 6.07. The zero-order valence-corrected chi connectivity index (χ0v) is 15.1. The van der Waals surface area contributed by atoms with Crippen molar-refractivity contribution >= 4 is 5.82 Å². The smallest absolute Gasteiger partial charge is 0.268 e. The summed E-state index contributed by atoms with van der Waals surface area (Å²) in [7, 11) is 0. The molecule has 8 heteroatoms. The number of aromatic nitrogens is 3. The molecule has 8 nitrogen and oxygen atoms in total. The van der Waals surface area contributed by atoms with Crippen LogP contribution in [0.4, 0.5) is 5.82 Å². The van der Waals surface area contributed by atoms with E-state index in [9.17, 15) is 15.3 Å². The number of pyridine rings is 1. The van der Waals surface area contributed by atoms with Gasteiger partial charge < -0.3 is 20.0 Å². The van der Waals surface area contributed by atoms with Gasteiger partial charge in [-0.3, -0.25) is 4.79 Å². The van der Waals surface area contributed by atoms with Gasteiger partial charge in [-0.15, -0.1) is 0 Å². The number of aromatic amines is 1. The first-order valence-corrected chi connectivity index (χ1v) is 8.69. The Morgan fingerprint density at radius 1 is 1.18 bits per heavy atom. The number of anilines is 1. The second kappa shape index (κ2) is 8.56. The van der Waals surface area contributed by atoms with E-state index in [-0.39, 0.29) is 22.5 Å². The van der Waals surface area contributed by atoms with Crippen molar-refractivity contribution in [3.8, 4) is 29.0 Å². The Hall–Kier alpha value is -4.04. The van der Waals surface area contributed by atoms with Gasteiger partial charge in [0.2, 0.25) is 0 Å². The molecule has 2 heterocycles. The lowest BCUT2D eigenvalue weighted by Crippen LogP contribution is -2.16. The summed E-state index contributed by atoms with van der Waals surface area (Å²) in [4.78, 5) is 18.5. The van der Waals surface area contributed by atoms with Crippen molar-refractivity contribution in [3.63, 3.8) is 0 Å². The minimum atomic E-state index is -0.635. The van der Waals surface area contributed by atoms with Crippen molar-refractivity contribution in [2.24, 2.45) is 0 Å². The lowest BCUT2D eigenvalue weighted by atomic mass is 9.96. The van der Waals surface area contributed by atoms with Gasteiger partial charge in [-0.05, 0) is 18.9 Å². The molecule has 0 amide bonds. The Morgan fingerprint density at radius 3 is 2.68 bits per heavy atom. The summed E-state index contributed by atoms with van der Waals surface area (Å²) in [6.45, 7) is 1.29. The van der Waals surface area contributed by atoms with E-state index in [1.807, 2.05) is 22.9 Å². The van der Waals surface area contributed by atoms with Crippen LogP contribution in [0.15, 0.2) is 47.8 Å². The fraction of sp³-hybridized carbons (Fsp3) is 0.200. The molecule has 140 valence electrons. The Kier molecular flexibility index (Phi) is 5.73. The van der Waals surface area contributed by atoms with Crippen molar-refractivity contribution < 1.29 is 4.74 Å².